The van der Waals surface area contributed by atoms with Crippen LogP contribution in [0.2, 0.25) is 0 Å². The van der Waals surface area contributed by atoms with E-state index in [1.54, 1.807) is 6.33 Å². The summed E-state index contributed by atoms with van der Waals surface area (Å²) in [6.45, 7) is 7.59. The number of aromatic nitrogens is 2. The van der Waals surface area contributed by atoms with E-state index in [2.05, 4.69) is 59.2 Å². The molecule has 2 aromatic rings. The highest BCUT2D eigenvalue weighted by Gasteiger charge is 2.25. The molecule has 5 nitrogen and oxygen atoms in total. The summed E-state index contributed by atoms with van der Waals surface area (Å²) in [5, 5.41) is 13.0. The van der Waals surface area contributed by atoms with Crippen molar-refractivity contribution in [2.75, 3.05) is 23.4 Å². The van der Waals surface area contributed by atoms with Gasteiger partial charge < -0.3 is 15.3 Å². The molecule has 2 unspecified atom stereocenters. The fraction of sp³-hybridized carbons (Fsp3) is 0.500. The number of nitrogens with zero attached hydrogens (tertiary/aromatic N) is 3. The number of nitrogens with one attached hydrogen (secondary N) is 1. The van der Waals surface area contributed by atoms with Gasteiger partial charge >= 0.3 is 0 Å². The Morgan fingerprint density at radius 2 is 2.12 bits per heavy atom. The van der Waals surface area contributed by atoms with Gasteiger partial charge in [0.1, 0.15) is 18.0 Å². The Morgan fingerprint density at radius 3 is 2.88 bits per heavy atom. The Morgan fingerprint density at radius 1 is 1.28 bits per heavy atom. The van der Waals surface area contributed by atoms with Crippen LogP contribution in [-0.4, -0.2) is 40.3 Å². The largest absolute Gasteiger partial charge is 0.394 e. The molecule has 0 amide bonds. The predicted molar refractivity (Wildman–Crippen MR) is 102 cm³/mol. The van der Waals surface area contributed by atoms with Crippen molar-refractivity contribution in [1.82, 2.24) is 9.97 Å². The maximum absolute atomic E-state index is 9.52. The second-order valence-corrected chi connectivity index (χ2v) is 7.11. The minimum Gasteiger partial charge on any atom is -0.394 e. The van der Waals surface area contributed by atoms with Crippen LogP contribution in [0.3, 0.4) is 0 Å². The summed E-state index contributed by atoms with van der Waals surface area (Å²) in [4.78, 5) is 10.9. The van der Waals surface area contributed by atoms with Gasteiger partial charge in [0.25, 0.3) is 0 Å². The van der Waals surface area contributed by atoms with Gasteiger partial charge in [0.2, 0.25) is 0 Å². The third kappa shape index (κ3) is 4.28. The van der Waals surface area contributed by atoms with E-state index in [0.717, 1.165) is 37.4 Å². The number of hydrogen-bond acceptors (Lipinski definition) is 5. The monoisotopic (exact) mass is 340 g/mol. The molecule has 1 aliphatic rings. The SMILES string of the molecule is Cc1ccc(CC(C)Nc2cc(N3CCCC3CO)ncn2)c(C)c1. The van der Waals surface area contributed by atoms with E-state index < -0.39 is 0 Å². The van der Waals surface area contributed by atoms with Gasteiger partial charge in [0, 0.05) is 18.7 Å². The first kappa shape index (κ1) is 17.7. The lowest BCUT2D eigenvalue weighted by Gasteiger charge is -2.24. The summed E-state index contributed by atoms with van der Waals surface area (Å²) >= 11 is 0. The van der Waals surface area contributed by atoms with Crippen molar-refractivity contribution < 1.29 is 5.11 Å². The van der Waals surface area contributed by atoms with E-state index in [1.807, 2.05) is 6.07 Å². The minimum absolute atomic E-state index is 0.176. The maximum atomic E-state index is 9.52. The van der Waals surface area contributed by atoms with Crippen LogP contribution in [0.15, 0.2) is 30.6 Å². The average molecular weight is 340 g/mol. The van der Waals surface area contributed by atoms with Crippen molar-refractivity contribution in [2.24, 2.45) is 0 Å². The quantitative estimate of drug-likeness (QED) is 0.846. The van der Waals surface area contributed by atoms with Crippen molar-refractivity contribution in [3.63, 3.8) is 0 Å². The van der Waals surface area contributed by atoms with E-state index in [0.29, 0.717) is 0 Å². The van der Waals surface area contributed by atoms with Crippen molar-refractivity contribution in [3.8, 4) is 0 Å². The van der Waals surface area contributed by atoms with Crippen LogP contribution in [0.4, 0.5) is 11.6 Å². The zero-order valence-electron chi connectivity index (χ0n) is 15.4. The first-order valence-corrected chi connectivity index (χ1v) is 9.09. The maximum Gasteiger partial charge on any atom is 0.134 e. The third-order valence-electron chi connectivity index (χ3n) is 4.95. The molecule has 1 saturated heterocycles. The fourth-order valence-electron chi connectivity index (χ4n) is 3.62. The molecule has 2 heterocycles. The van der Waals surface area contributed by atoms with E-state index in [-0.39, 0.29) is 18.7 Å². The van der Waals surface area contributed by atoms with Crippen molar-refractivity contribution in [1.29, 1.82) is 0 Å². The summed E-state index contributed by atoms with van der Waals surface area (Å²) in [6.07, 6.45) is 4.68. The first-order chi connectivity index (χ1) is 12.1. The number of aliphatic hydroxyl groups excluding tert-OH is 1. The molecule has 1 fully saturated rings. The molecule has 0 radical (unpaired) electrons. The summed E-state index contributed by atoms with van der Waals surface area (Å²) in [5.41, 5.74) is 3.99. The molecule has 5 heteroatoms. The van der Waals surface area contributed by atoms with Gasteiger partial charge in [-0.15, -0.1) is 0 Å². The Labute approximate surface area is 150 Å². The zero-order chi connectivity index (χ0) is 17.8. The fourth-order valence-corrected chi connectivity index (χ4v) is 3.62. The number of hydrogen-bond donors (Lipinski definition) is 2. The summed E-state index contributed by atoms with van der Waals surface area (Å²) < 4.78 is 0. The molecule has 2 N–H and O–H groups in total. The predicted octanol–water partition coefficient (Wildman–Crippen LogP) is 3.10. The second kappa shape index (κ2) is 7.83. The summed E-state index contributed by atoms with van der Waals surface area (Å²) in [6, 6.07) is 9.05. The number of rotatable bonds is 6. The molecule has 1 aromatic heterocycles. The Balaban J connectivity index is 1.67. The van der Waals surface area contributed by atoms with Crippen LogP contribution in [0.5, 0.6) is 0 Å². The number of benzene rings is 1. The molecule has 0 saturated carbocycles. The average Bonchev–Trinajstić information content (AvgIpc) is 3.06. The smallest absolute Gasteiger partial charge is 0.134 e. The molecule has 0 aliphatic carbocycles. The molecule has 25 heavy (non-hydrogen) atoms. The molecule has 3 rings (SSSR count). The van der Waals surface area contributed by atoms with Gasteiger partial charge in [-0.05, 0) is 51.2 Å². The Hall–Kier alpha value is -2.14. The van der Waals surface area contributed by atoms with Gasteiger partial charge in [0.05, 0.1) is 12.6 Å². The Kier molecular flexibility index (Phi) is 5.53. The van der Waals surface area contributed by atoms with Gasteiger partial charge in [-0.25, -0.2) is 9.97 Å². The highest BCUT2D eigenvalue weighted by Crippen LogP contribution is 2.25. The lowest BCUT2D eigenvalue weighted by molar-refractivity contribution is 0.266. The van der Waals surface area contributed by atoms with Crippen LogP contribution in [0, 0.1) is 13.8 Å². The molecular formula is C20H28N4O. The number of aliphatic hydroxyl groups is 1. The van der Waals surface area contributed by atoms with Crippen LogP contribution in [0.25, 0.3) is 0 Å². The van der Waals surface area contributed by atoms with Gasteiger partial charge in [-0.1, -0.05) is 23.8 Å². The zero-order valence-corrected chi connectivity index (χ0v) is 15.4. The van der Waals surface area contributed by atoms with Gasteiger partial charge in [-0.3, -0.25) is 0 Å². The van der Waals surface area contributed by atoms with E-state index >= 15 is 0 Å². The van der Waals surface area contributed by atoms with Crippen molar-refractivity contribution >= 4 is 11.6 Å². The van der Waals surface area contributed by atoms with Gasteiger partial charge in [0.15, 0.2) is 0 Å². The van der Waals surface area contributed by atoms with Crippen molar-refractivity contribution in [3.05, 3.63) is 47.3 Å². The van der Waals surface area contributed by atoms with Crippen LogP contribution >= 0.6 is 0 Å². The Bertz CT molecular complexity index is 719. The molecule has 1 aromatic carbocycles. The lowest BCUT2D eigenvalue weighted by atomic mass is 10.00. The van der Waals surface area contributed by atoms with Crippen molar-refractivity contribution in [2.45, 2.75) is 52.1 Å². The third-order valence-corrected chi connectivity index (χ3v) is 4.95. The highest BCUT2D eigenvalue weighted by molar-refractivity contribution is 5.50. The summed E-state index contributed by atoms with van der Waals surface area (Å²) in [5.74, 6) is 1.73. The van der Waals surface area contributed by atoms with E-state index in [9.17, 15) is 5.11 Å². The standard InChI is InChI=1S/C20H28N4O/c1-14-6-7-17(15(2)9-14)10-16(3)23-19-11-20(22-13-21-19)24-8-4-5-18(24)12-25/h6-7,9,11,13,16,18,25H,4-5,8,10,12H2,1-3H3,(H,21,22,23). The number of anilines is 2. The topological polar surface area (TPSA) is 61.3 Å². The molecule has 2 atom stereocenters. The highest BCUT2D eigenvalue weighted by atomic mass is 16.3. The van der Waals surface area contributed by atoms with Crippen LogP contribution in [0.1, 0.15) is 36.5 Å². The lowest BCUT2D eigenvalue weighted by Crippen LogP contribution is -2.32. The summed E-state index contributed by atoms with van der Waals surface area (Å²) in [7, 11) is 0. The molecule has 0 bridgehead atoms. The molecule has 0 spiro atoms. The van der Waals surface area contributed by atoms with Gasteiger partial charge in [-0.2, -0.15) is 0 Å². The second-order valence-electron chi connectivity index (χ2n) is 7.11. The molecular weight excluding hydrogens is 312 g/mol. The normalized spacial score (nSPS) is 18.4. The van der Waals surface area contributed by atoms with Crippen LogP contribution < -0.4 is 10.2 Å². The first-order valence-electron chi connectivity index (χ1n) is 9.09. The molecule has 134 valence electrons. The van der Waals surface area contributed by atoms with Crippen LogP contribution in [-0.2, 0) is 6.42 Å². The van der Waals surface area contributed by atoms with E-state index in [4.69, 9.17) is 0 Å². The minimum atomic E-state index is 0.176. The molecule has 1 aliphatic heterocycles. The van der Waals surface area contributed by atoms with E-state index in [1.165, 1.54) is 16.7 Å². The number of aryl methyl sites for hydroxylation is 2.